The van der Waals surface area contributed by atoms with E-state index in [1.54, 1.807) is 0 Å². The fourth-order valence-electron chi connectivity index (χ4n) is 4.65. The third-order valence-electron chi connectivity index (χ3n) is 5.59. The van der Waals surface area contributed by atoms with Gasteiger partial charge in [0.05, 0.1) is 12.0 Å². The standard InChI is InChI=1S/C19H19N/c20-13-17-12-19(9-3-4-10-19)18(17)16-8-7-14-5-1-2-6-15(14)11-16/h1-2,5-8,11,17-18H,3-4,9-10,12H2. The number of hydrogen-bond acceptors (Lipinski definition) is 1. The highest BCUT2D eigenvalue weighted by Gasteiger charge is 2.55. The number of hydrogen-bond donors (Lipinski definition) is 0. The molecule has 4 rings (SSSR count). The molecule has 2 aliphatic carbocycles. The van der Waals surface area contributed by atoms with Crippen LogP contribution in [0.2, 0.25) is 0 Å². The number of fused-ring (bicyclic) bond motifs is 1. The van der Waals surface area contributed by atoms with Crippen molar-refractivity contribution in [3.05, 3.63) is 48.0 Å². The summed E-state index contributed by atoms with van der Waals surface area (Å²) in [4.78, 5) is 0. The second-order valence-electron chi connectivity index (χ2n) is 6.59. The molecule has 0 radical (unpaired) electrons. The zero-order valence-electron chi connectivity index (χ0n) is 11.7. The van der Waals surface area contributed by atoms with Gasteiger partial charge in [-0.05, 0) is 41.0 Å². The lowest BCUT2D eigenvalue weighted by Gasteiger charge is -2.51. The van der Waals surface area contributed by atoms with Gasteiger partial charge < -0.3 is 0 Å². The van der Waals surface area contributed by atoms with Gasteiger partial charge in [0.25, 0.3) is 0 Å². The molecule has 2 aromatic carbocycles. The van der Waals surface area contributed by atoms with Crippen LogP contribution < -0.4 is 0 Å². The molecule has 20 heavy (non-hydrogen) atoms. The highest BCUT2D eigenvalue weighted by molar-refractivity contribution is 5.83. The Morgan fingerprint density at radius 3 is 2.50 bits per heavy atom. The van der Waals surface area contributed by atoms with Crippen molar-refractivity contribution in [1.29, 1.82) is 5.26 Å². The molecule has 0 aliphatic heterocycles. The summed E-state index contributed by atoms with van der Waals surface area (Å²) in [5.74, 6) is 0.703. The molecule has 2 atom stereocenters. The molecule has 0 amide bonds. The average molecular weight is 261 g/mol. The van der Waals surface area contributed by atoms with Crippen molar-refractivity contribution in [3.8, 4) is 6.07 Å². The van der Waals surface area contributed by atoms with Gasteiger partial charge in [0.2, 0.25) is 0 Å². The minimum Gasteiger partial charge on any atom is -0.198 e. The van der Waals surface area contributed by atoms with Crippen molar-refractivity contribution in [1.82, 2.24) is 0 Å². The van der Waals surface area contributed by atoms with Crippen molar-refractivity contribution in [2.75, 3.05) is 0 Å². The van der Waals surface area contributed by atoms with Gasteiger partial charge in [-0.25, -0.2) is 0 Å². The first-order valence-corrected chi connectivity index (χ1v) is 7.71. The third-order valence-corrected chi connectivity index (χ3v) is 5.59. The summed E-state index contributed by atoms with van der Waals surface area (Å²) < 4.78 is 0. The maximum absolute atomic E-state index is 9.42. The molecule has 0 heterocycles. The van der Waals surface area contributed by atoms with E-state index in [0.717, 1.165) is 6.42 Å². The van der Waals surface area contributed by atoms with E-state index in [1.165, 1.54) is 42.0 Å². The molecule has 2 aromatic rings. The second kappa shape index (κ2) is 4.35. The molecule has 100 valence electrons. The Kier molecular flexibility index (Phi) is 2.60. The SMILES string of the molecule is N#CC1CC2(CCCC2)C1c1ccc2ccccc2c1. The maximum Gasteiger partial charge on any atom is 0.0662 e. The molecule has 1 spiro atoms. The summed E-state index contributed by atoms with van der Waals surface area (Å²) in [6.07, 6.45) is 6.47. The fourth-order valence-corrected chi connectivity index (χ4v) is 4.65. The molecule has 2 aliphatic rings. The van der Waals surface area contributed by atoms with Crippen LogP contribution in [0.3, 0.4) is 0 Å². The Hall–Kier alpha value is -1.81. The number of nitriles is 1. The van der Waals surface area contributed by atoms with Crippen LogP contribution in [-0.2, 0) is 0 Å². The van der Waals surface area contributed by atoms with Crippen LogP contribution in [-0.4, -0.2) is 0 Å². The van der Waals surface area contributed by atoms with Crippen molar-refractivity contribution in [3.63, 3.8) is 0 Å². The summed E-state index contributed by atoms with van der Waals surface area (Å²) in [6.45, 7) is 0. The summed E-state index contributed by atoms with van der Waals surface area (Å²) in [7, 11) is 0. The highest BCUT2D eigenvalue weighted by atomic mass is 14.6. The molecule has 2 saturated carbocycles. The Morgan fingerprint density at radius 2 is 1.75 bits per heavy atom. The molecular formula is C19H19N. The summed E-state index contributed by atoms with van der Waals surface area (Å²) in [6, 6.07) is 17.9. The van der Waals surface area contributed by atoms with Gasteiger partial charge in [0, 0.05) is 5.92 Å². The van der Waals surface area contributed by atoms with Gasteiger partial charge in [-0.1, -0.05) is 55.3 Å². The summed E-state index contributed by atoms with van der Waals surface area (Å²) in [5, 5.41) is 12.0. The monoisotopic (exact) mass is 261 g/mol. The smallest absolute Gasteiger partial charge is 0.0662 e. The van der Waals surface area contributed by atoms with Gasteiger partial charge >= 0.3 is 0 Å². The Labute approximate surface area is 120 Å². The van der Waals surface area contributed by atoms with Gasteiger partial charge in [0.15, 0.2) is 0 Å². The lowest BCUT2D eigenvalue weighted by Crippen LogP contribution is -2.43. The first-order valence-electron chi connectivity index (χ1n) is 7.71. The van der Waals surface area contributed by atoms with E-state index in [9.17, 15) is 5.26 Å². The first kappa shape index (κ1) is 12.0. The molecule has 2 fully saturated rings. The van der Waals surface area contributed by atoms with Crippen molar-refractivity contribution in [2.24, 2.45) is 11.3 Å². The van der Waals surface area contributed by atoms with E-state index in [2.05, 4.69) is 48.5 Å². The van der Waals surface area contributed by atoms with Crippen LogP contribution in [0, 0.1) is 22.7 Å². The van der Waals surface area contributed by atoms with Crippen molar-refractivity contribution >= 4 is 10.8 Å². The van der Waals surface area contributed by atoms with E-state index in [1.807, 2.05) is 0 Å². The minimum atomic E-state index is 0.231. The normalized spacial score (nSPS) is 27.4. The lowest BCUT2D eigenvalue weighted by atomic mass is 9.51. The van der Waals surface area contributed by atoms with Gasteiger partial charge in [-0.15, -0.1) is 0 Å². The molecule has 0 bridgehead atoms. The van der Waals surface area contributed by atoms with Crippen LogP contribution in [0.5, 0.6) is 0 Å². The minimum absolute atomic E-state index is 0.231. The second-order valence-corrected chi connectivity index (χ2v) is 6.59. The first-order chi connectivity index (χ1) is 9.82. The molecule has 0 aromatic heterocycles. The maximum atomic E-state index is 9.42. The van der Waals surface area contributed by atoms with Crippen LogP contribution in [0.4, 0.5) is 0 Å². The summed E-state index contributed by atoms with van der Waals surface area (Å²) >= 11 is 0. The zero-order chi connectivity index (χ0) is 13.6. The highest BCUT2D eigenvalue weighted by Crippen LogP contribution is 2.64. The molecule has 1 heteroatoms. The Bertz CT molecular complexity index is 688. The van der Waals surface area contributed by atoms with Crippen LogP contribution in [0.15, 0.2) is 42.5 Å². The topological polar surface area (TPSA) is 23.8 Å². The molecule has 0 N–H and O–H groups in total. The number of benzene rings is 2. The van der Waals surface area contributed by atoms with Crippen molar-refractivity contribution in [2.45, 2.75) is 38.0 Å². The predicted octanol–water partition coefficient (Wildman–Crippen LogP) is 5.03. The Morgan fingerprint density at radius 1 is 1.00 bits per heavy atom. The van der Waals surface area contributed by atoms with E-state index in [4.69, 9.17) is 0 Å². The van der Waals surface area contributed by atoms with E-state index < -0.39 is 0 Å². The van der Waals surface area contributed by atoms with E-state index in [0.29, 0.717) is 11.3 Å². The van der Waals surface area contributed by atoms with Crippen molar-refractivity contribution < 1.29 is 0 Å². The largest absolute Gasteiger partial charge is 0.198 e. The van der Waals surface area contributed by atoms with E-state index in [-0.39, 0.29) is 5.92 Å². The molecule has 2 unspecified atom stereocenters. The zero-order valence-corrected chi connectivity index (χ0v) is 11.7. The van der Waals surface area contributed by atoms with Crippen LogP contribution in [0.1, 0.15) is 43.6 Å². The summed E-state index contributed by atoms with van der Waals surface area (Å²) in [5.41, 5.74) is 1.84. The van der Waals surface area contributed by atoms with Gasteiger partial charge in [0.1, 0.15) is 0 Å². The average Bonchev–Trinajstić information content (AvgIpc) is 2.96. The van der Waals surface area contributed by atoms with Gasteiger partial charge in [-0.3, -0.25) is 0 Å². The number of rotatable bonds is 1. The molecule has 0 saturated heterocycles. The van der Waals surface area contributed by atoms with Crippen LogP contribution >= 0.6 is 0 Å². The molecule has 1 nitrogen and oxygen atoms in total. The van der Waals surface area contributed by atoms with Crippen LogP contribution in [0.25, 0.3) is 10.8 Å². The lowest BCUT2D eigenvalue weighted by molar-refractivity contribution is 0.0518. The predicted molar refractivity (Wildman–Crippen MR) is 81.3 cm³/mol. The quantitative estimate of drug-likeness (QED) is 0.706. The fraction of sp³-hybridized carbons (Fsp3) is 0.421. The Balaban J connectivity index is 1.78. The third kappa shape index (κ3) is 1.61. The van der Waals surface area contributed by atoms with E-state index >= 15 is 0 Å². The number of nitrogens with zero attached hydrogens (tertiary/aromatic N) is 1. The van der Waals surface area contributed by atoms with Gasteiger partial charge in [-0.2, -0.15) is 5.26 Å². The molecular weight excluding hydrogens is 242 g/mol.